The van der Waals surface area contributed by atoms with Crippen molar-refractivity contribution < 1.29 is 19.4 Å². The minimum absolute atomic E-state index is 0.166. The maximum absolute atomic E-state index is 11.3. The Balaban J connectivity index is 2.07. The van der Waals surface area contributed by atoms with Crippen LogP contribution >= 0.6 is 11.3 Å². The highest BCUT2D eigenvalue weighted by Gasteiger charge is 2.04. The molecule has 7 nitrogen and oxygen atoms in total. The second kappa shape index (κ2) is 7.62. The molecule has 0 aromatic carbocycles. The molecule has 0 aliphatic rings. The molecule has 1 aromatic heterocycles. The van der Waals surface area contributed by atoms with E-state index in [0.29, 0.717) is 6.54 Å². The number of aromatic nitrogens is 1. The van der Waals surface area contributed by atoms with Crippen molar-refractivity contribution in [2.45, 2.75) is 13.5 Å². The number of hydrogen-bond donors (Lipinski definition) is 3. The largest absolute Gasteiger partial charge is 0.480 e. The highest BCUT2D eigenvalue weighted by molar-refractivity contribution is 7.09. The summed E-state index contributed by atoms with van der Waals surface area (Å²) < 4.78 is 4.76. The van der Waals surface area contributed by atoms with Gasteiger partial charge in [-0.2, -0.15) is 0 Å². The fourth-order valence-corrected chi connectivity index (χ4v) is 1.83. The van der Waals surface area contributed by atoms with Crippen LogP contribution in [0.3, 0.4) is 0 Å². The summed E-state index contributed by atoms with van der Waals surface area (Å²) in [6.07, 6.45) is 0. The number of carbonyl (C=O) groups is 2. The normalized spacial score (nSPS) is 10.1. The van der Waals surface area contributed by atoms with Gasteiger partial charge in [0, 0.05) is 11.4 Å². The van der Waals surface area contributed by atoms with Crippen molar-refractivity contribution >= 4 is 23.3 Å². The Kier molecular flexibility index (Phi) is 6.09. The number of carboxylic acids is 1. The van der Waals surface area contributed by atoms with E-state index in [-0.39, 0.29) is 25.8 Å². The van der Waals surface area contributed by atoms with Gasteiger partial charge in [0.25, 0.3) is 0 Å². The zero-order valence-corrected chi connectivity index (χ0v) is 10.7. The lowest BCUT2D eigenvalue weighted by atomic mass is 10.4. The molecule has 1 aromatic rings. The predicted octanol–water partition coefficient (Wildman–Crippen LogP) is 0.352. The summed E-state index contributed by atoms with van der Waals surface area (Å²) in [4.78, 5) is 26.5. The van der Waals surface area contributed by atoms with Crippen LogP contribution in [0.15, 0.2) is 5.51 Å². The Morgan fingerprint density at radius 3 is 2.89 bits per heavy atom. The first kappa shape index (κ1) is 14.4. The Hall–Kier alpha value is -1.67. The summed E-state index contributed by atoms with van der Waals surface area (Å²) in [5.74, 6) is -1.03. The van der Waals surface area contributed by atoms with Crippen LogP contribution in [0.5, 0.6) is 0 Å². The lowest BCUT2D eigenvalue weighted by molar-refractivity contribution is -0.142. The topological polar surface area (TPSA) is 101 Å². The quantitative estimate of drug-likeness (QED) is 0.622. The summed E-state index contributed by atoms with van der Waals surface area (Å²) in [5.41, 5.74) is 2.63. The Labute approximate surface area is 108 Å². The Morgan fingerprint density at radius 2 is 2.28 bits per heavy atom. The Bertz CT molecular complexity index is 408. The molecule has 3 N–H and O–H groups in total. The maximum atomic E-state index is 11.3. The number of aryl methyl sites for hydroxylation is 1. The van der Waals surface area contributed by atoms with E-state index in [1.54, 1.807) is 5.51 Å². The van der Waals surface area contributed by atoms with E-state index in [1.807, 2.05) is 6.92 Å². The molecule has 8 heteroatoms. The number of nitrogens with zero attached hydrogens (tertiary/aromatic N) is 1. The summed E-state index contributed by atoms with van der Waals surface area (Å²) >= 11 is 1.48. The number of carboxylic acid groups (broad SMARTS) is 1. The van der Waals surface area contributed by atoms with Crippen molar-refractivity contribution in [1.29, 1.82) is 0 Å². The number of aliphatic carboxylic acids is 1. The summed E-state index contributed by atoms with van der Waals surface area (Å²) in [5, 5.41) is 13.5. The van der Waals surface area contributed by atoms with Crippen molar-refractivity contribution in [3.05, 3.63) is 16.1 Å². The van der Waals surface area contributed by atoms with Crippen molar-refractivity contribution in [3.63, 3.8) is 0 Å². The average molecular weight is 273 g/mol. The minimum Gasteiger partial charge on any atom is -0.480 e. The van der Waals surface area contributed by atoms with Gasteiger partial charge in [-0.15, -0.1) is 11.3 Å². The first-order valence-corrected chi connectivity index (χ1v) is 6.17. The second-order valence-corrected chi connectivity index (χ2v) is 4.36. The highest BCUT2D eigenvalue weighted by atomic mass is 32.1. The van der Waals surface area contributed by atoms with Crippen LogP contribution < -0.4 is 10.6 Å². The molecule has 0 radical (unpaired) electrons. The highest BCUT2D eigenvalue weighted by Crippen LogP contribution is 2.10. The molecule has 0 spiro atoms. The van der Waals surface area contributed by atoms with E-state index in [4.69, 9.17) is 9.84 Å². The van der Waals surface area contributed by atoms with E-state index in [1.165, 1.54) is 11.3 Å². The van der Waals surface area contributed by atoms with Crippen LogP contribution in [-0.4, -0.2) is 41.8 Å². The molecule has 2 amide bonds. The number of rotatable bonds is 7. The minimum atomic E-state index is -1.03. The van der Waals surface area contributed by atoms with Gasteiger partial charge in [0.05, 0.1) is 24.4 Å². The number of nitrogens with one attached hydrogen (secondary N) is 2. The first-order valence-electron chi connectivity index (χ1n) is 5.30. The molecular formula is C10H15N3O4S. The maximum Gasteiger partial charge on any atom is 0.329 e. The molecule has 0 atom stereocenters. The number of urea groups is 1. The van der Waals surface area contributed by atoms with Crippen LogP contribution in [0, 0.1) is 6.92 Å². The average Bonchev–Trinajstić information content (AvgIpc) is 2.71. The van der Waals surface area contributed by atoms with Crippen LogP contribution in [0.2, 0.25) is 0 Å². The van der Waals surface area contributed by atoms with E-state index >= 15 is 0 Å². The third kappa shape index (κ3) is 5.60. The lowest BCUT2D eigenvalue weighted by Gasteiger charge is -2.06. The van der Waals surface area contributed by atoms with Crippen molar-refractivity contribution in [2.75, 3.05) is 19.8 Å². The van der Waals surface area contributed by atoms with Gasteiger partial charge < -0.3 is 20.5 Å². The van der Waals surface area contributed by atoms with Gasteiger partial charge in [0.1, 0.15) is 6.61 Å². The third-order valence-electron chi connectivity index (χ3n) is 2.01. The number of amides is 2. The monoisotopic (exact) mass is 273 g/mol. The zero-order valence-electron chi connectivity index (χ0n) is 9.93. The third-order valence-corrected chi connectivity index (χ3v) is 2.95. The first-order chi connectivity index (χ1) is 8.59. The second-order valence-electron chi connectivity index (χ2n) is 3.42. The number of ether oxygens (including phenoxy) is 1. The molecule has 0 aliphatic carbocycles. The van der Waals surface area contributed by atoms with Gasteiger partial charge in [-0.3, -0.25) is 0 Å². The molecule has 0 fully saturated rings. The van der Waals surface area contributed by atoms with Gasteiger partial charge in [-0.1, -0.05) is 0 Å². The molecule has 1 heterocycles. The van der Waals surface area contributed by atoms with Crippen molar-refractivity contribution in [3.8, 4) is 0 Å². The smallest absolute Gasteiger partial charge is 0.329 e. The van der Waals surface area contributed by atoms with Crippen LogP contribution in [0.1, 0.15) is 10.6 Å². The fraction of sp³-hybridized carbons (Fsp3) is 0.500. The van der Waals surface area contributed by atoms with E-state index in [2.05, 4.69) is 15.6 Å². The molecule has 1 rings (SSSR count). The van der Waals surface area contributed by atoms with Gasteiger partial charge in [-0.05, 0) is 6.92 Å². The van der Waals surface area contributed by atoms with Crippen LogP contribution in [-0.2, 0) is 16.1 Å². The van der Waals surface area contributed by atoms with Crippen LogP contribution in [0.25, 0.3) is 0 Å². The molecular weight excluding hydrogens is 258 g/mol. The van der Waals surface area contributed by atoms with Crippen molar-refractivity contribution in [2.24, 2.45) is 0 Å². The van der Waals surface area contributed by atoms with Crippen molar-refractivity contribution in [1.82, 2.24) is 15.6 Å². The SMILES string of the molecule is Cc1ncsc1CNC(=O)NCCOCC(=O)O. The molecule has 0 aliphatic heterocycles. The summed E-state index contributed by atoms with van der Waals surface area (Å²) in [6, 6.07) is -0.318. The van der Waals surface area contributed by atoms with Gasteiger partial charge >= 0.3 is 12.0 Å². The number of thiazole rings is 1. The van der Waals surface area contributed by atoms with Crippen LogP contribution in [0.4, 0.5) is 4.79 Å². The predicted molar refractivity (Wildman–Crippen MR) is 65.5 cm³/mol. The Morgan fingerprint density at radius 1 is 1.50 bits per heavy atom. The fourth-order valence-electron chi connectivity index (χ4n) is 1.12. The van der Waals surface area contributed by atoms with E-state index in [0.717, 1.165) is 10.6 Å². The van der Waals surface area contributed by atoms with Gasteiger partial charge in [-0.25, -0.2) is 14.6 Å². The van der Waals surface area contributed by atoms with Gasteiger partial charge in [0.2, 0.25) is 0 Å². The molecule has 0 bridgehead atoms. The lowest BCUT2D eigenvalue weighted by Crippen LogP contribution is -2.37. The van der Waals surface area contributed by atoms with E-state index < -0.39 is 5.97 Å². The summed E-state index contributed by atoms with van der Waals surface area (Å²) in [6.45, 7) is 2.38. The van der Waals surface area contributed by atoms with Gasteiger partial charge in [0.15, 0.2) is 0 Å². The number of hydrogen-bond acceptors (Lipinski definition) is 5. The number of carbonyl (C=O) groups excluding carboxylic acids is 1. The molecule has 0 saturated carbocycles. The molecule has 100 valence electrons. The summed E-state index contributed by atoms with van der Waals surface area (Å²) in [7, 11) is 0. The standard InChI is InChI=1S/C10H15N3O4S/c1-7-8(18-6-13-7)4-12-10(16)11-2-3-17-5-9(14)15/h6H,2-5H2,1H3,(H,14,15)(H2,11,12,16). The van der Waals surface area contributed by atoms with E-state index in [9.17, 15) is 9.59 Å². The zero-order chi connectivity index (χ0) is 13.4. The molecule has 0 unspecified atom stereocenters. The molecule has 0 saturated heterocycles. The molecule has 18 heavy (non-hydrogen) atoms.